The predicted octanol–water partition coefficient (Wildman–Crippen LogP) is 5.28. The number of aromatic nitrogens is 1. The van der Waals surface area contributed by atoms with Crippen LogP contribution in [-0.4, -0.2) is 4.98 Å². The Balaban J connectivity index is 2.34. The molecule has 102 valence electrons. The summed E-state index contributed by atoms with van der Waals surface area (Å²) in [5.74, 6) is 0.306. The standard InChI is InChI=1S/C14H7BrF3NO/c15-8-3-4-11-9(6-8)10(14(16,17)18)7-12(19-11)13-2-1-5-20-13/h1-7H. The van der Waals surface area contributed by atoms with E-state index in [9.17, 15) is 13.2 Å². The molecule has 0 bridgehead atoms. The minimum absolute atomic E-state index is 0.0576. The van der Waals surface area contributed by atoms with Gasteiger partial charge in [-0.1, -0.05) is 15.9 Å². The molecule has 0 unspecified atom stereocenters. The van der Waals surface area contributed by atoms with Crippen LogP contribution in [0.3, 0.4) is 0 Å². The van der Waals surface area contributed by atoms with E-state index in [0.29, 0.717) is 10.2 Å². The van der Waals surface area contributed by atoms with Crippen molar-refractivity contribution in [2.24, 2.45) is 0 Å². The third-order valence-electron chi connectivity index (χ3n) is 2.85. The van der Waals surface area contributed by atoms with E-state index >= 15 is 0 Å². The number of nitrogens with zero attached hydrogens (tertiary/aromatic N) is 1. The van der Waals surface area contributed by atoms with Crippen molar-refractivity contribution >= 4 is 26.8 Å². The van der Waals surface area contributed by atoms with E-state index in [2.05, 4.69) is 20.9 Å². The van der Waals surface area contributed by atoms with Crippen LogP contribution >= 0.6 is 15.9 Å². The summed E-state index contributed by atoms with van der Waals surface area (Å²) in [6.45, 7) is 0. The second-order valence-corrected chi connectivity index (χ2v) is 5.11. The van der Waals surface area contributed by atoms with E-state index in [1.54, 1.807) is 24.3 Å². The molecule has 0 fully saturated rings. The number of furan rings is 1. The van der Waals surface area contributed by atoms with Gasteiger partial charge in [0.15, 0.2) is 5.76 Å². The highest BCUT2D eigenvalue weighted by Gasteiger charge is 2.33. The summed E-state index contributed by atoms with van der Waals surface area (Å²) in [4.78, 5) is 4.22. The molecule has 0 aliphatic rings. The maximum absolute atomic E-state index is 13.2. The highest BCUT2D eigenvalue weighted by Crippen LogP contribution is 2.37. The molecule has 3 aromatic rings. The van der Waals surface area contributed by atoms with Crippen LogP contribution in [0.4, 0.5) is 13.2 Å². The fourth-order valence-corrected chi connectivity index (χ4v) is 2.34. The SMILES string of the molecule is FC(F)(F)c1cc(-c2ccco2)nc2ccc(Br)cc12. The molecular formula is C14H7BrF3NO. The first-order valence-corrected chi connectivity index (χ1v) is 6.46. The lowest BCUT2D eigenvalue weighted by molar-refractivity contribution is -0.136. The molecule has 6 heteroatoms. The van der Waals surface area contributed by atoms with E-state index in [0.717, 1.165) is 6.07 Å². The molecule has 0 N–H and O–H groups in total. The second kappa shape index (κ2) is 4.63. The highest BCUT2D eigenvalue weighted by molar-refractivity contribution is 9.10. The number of pyridine rings is 1. The maximum Gasteiger partial charge on any atom is 0.417 e. The number of hydrogen-bond donors (Lipinski definition) is 0. The first kappa shape index (κ1) is 13.2. The molecule has 3 rings (SSSR count). The van der Waals surface area contributed by atoms with Crippen molar-refractivity contribution in [3.63, 3.8) is 0 Å². The highest BCUT2D eigenvalue weighted by atomic mass is 79.9. The van der Waals surface area contributed by atoms with Gasteiger partial charge in [-0.2, -0.15) is 13.2 Å². The van der Waals surface area contributed by atoms with Crippen molar-refractivity contribution < 1.29 is 17.6 Å². The van der Waals surface area contributed by atoms with Gasteiger partial charge in [-0.25, -0.2) is 4.98 Å². The number of rotatable bonds is 1. The van der Waals surface area contributed by atoms with Crippen LogP contribution in [-0.2, 0) is 6.18 Å². The van der Waals surface area contributed by atoms with Crippen molar-refractivity contribution in [1.29, 1.82) is 0 Å². The molecule has 0 radical (unpaired) electrons. The zero-order valence-electron chi connectivity index (χ0n) is 9.91. The lowest BCUT2D eigenvalue weighted by atomic mass is 10.1. The van der Waals surface area contributed by atoms with Gasteiger partial charge in [0.05, 0.1) is 17.3 Å². The Hall–Kier alpha value is -1.82. The van der Waals surface area contributed by atoms with Crippen LogP contribution in [0.25, 0.3) is 22.4 Å². The molecule has 0 saturated carbocycles. The molecule has 1 aromatic carbocycles. The van der Waals surface area contributed by atoms with Crippen LogP contribution < -0.4 is 0 Å². The lowest BCUT2D eigenvalue weighted by Gasteiger charge is -2.12. The first-order valence-electron chi connectivity index (χ1n) is 5.66. The summed E-state index contributed by atoms with van der Waals surface area (Å²) in [6, 6.07) is 8.80. The van der Waals surface area contributed by atoms with Crippen molar-refractivity contribution in [2.75, 3.05) is 0 Å². The number of hydrogen-bond acceptors (Lipinski definition) is 2. The third-order valence-corrected chi connectivity index (χ3v) is 3.34. The van der Waals surface area contributed by atoms with Gasteiger partial charge < -0.3 is 4.42 Å². The van der Waals surface area contributed by atoms with Crippen LogP contribution in [0.1, 0.15) is 5.56 Å². The van der Waals surface area contributed by atoms with Gasteiger partial charge in [0, 0.05) is 9.86 Å². The van der Waals surface area contributed by atoms with E-state index in [4.69, 9.17) is 4.42 Å². The molecule has 20 heavy (non-hydrogen) atoms. The average Bonchev–Trinajstić information content (AvgIpc) is 2.90. The van der Waals surface area contributed by atoms with Gasteiger partial charge in [0.25, 0.3) is 0 Å². The van der Waals surface area contributed by atoms with Crippen LogP contribution in [0.2, 0.25) is 0 Å². The third kappa shape index (κ3) is 2.31. The quantitative estimate of drug-likeness (QED) is 0.602. The molecule has 0 aliphatic carbocycles. The smallest absolute Gasteiger partial charge is 0.417 e. The molecule has 2 aromatic heterocycles. The summed E-state index contributed by atoms with van der Waals surface area (Å²) in [5, 5.41) is 0.0576. The zero-order valence-corrected chi connectivity index (χ0v) is 11.5. The summed E-state index contributed by atoms with van der Waals surface area (Å²) in [6.07, 6.45) is -3.06. The average molecular weight is 342 g/mol. The molecule has 0 spiro atoms. The van der Waals surface area contributed by atoms with Gasteiger partial charge in [-0.05, 0) is 36.4 Å². The molecular weight excluding hydrogens is 335 g/mol. The van der Waals surface area contributed by atoms with Crippen LogP contribution in [0.15, 0.2) is 51.6 Å². The minimum atomic E-state index is -4.46. The zero-order chi connectivity index (χ0) is 14.3. The summed E-state index contributed by atoms with van der Waals surface area (Å²) < 4.78 is 45.3. The minimum Gasteiger partial charge on any atom is -0.463 e. The largest absolute Gasteiger partial charge is 0.463 e. The van der Waals surface area contributed by atoms with Gasteiger partial charge in [0.2, 0.25) is 0 Å². The Kier molecular flexibility index (Phi) is 3.05. The number of alkyl halides is 3. The topological polar surface area (TPSA) is 26.0 Å². The normalized spacial score (nSPS) is 12.0. The fraction of sp³-hybridized carbons (Fsp3) is 0.0714. The van der Waals surface area contributed by atoms with Crippen LogP contribution in [0, 0.1) is 0 Å². The lowest BCUT2D eigenvalue weighted by Crippen LogP contribution is -2.07. The van der Waals surface area contributed by atoms with E-state index < -0.39 is 11.7 Å². The van der Waals surface area contributed by atoms with Gasteiger partial charge in [0.1, 0.15) is 5.69 Å². The van der Waals surface area contributed by atoms with E-state index in [-0.39, 0.29) is 16.6 Å². The van der Waals surface area contributed by atoms with Gasteiger partial charge >= 0.3 is 6.18 Å². The van der Waals surface area contributed by atoms with Crippen LogP contribution in [0.5, 0.6) is 0 Å². The van der Waals surface area contributed by atoms with Crippen molar-refractivity contribution in [2.45, 2.75) is 6.18 Å². The Labute approximate surface area is 120 Å². The summed E-state index contributed by atoms with van der Waals surface area (Å²) in [7, 11) is 0. The van der Waals surface area contributed by atoms with E-state index in [1.807, 2.05) is 0 Å². The molecule has 0 amide bonds. The van der Waals surface area contributed by atoms with E-state index in [1.165, 1.54) is 12.3 Å². The maximum atomic E-state index is 13.2. The van der Waals surface area contributed by atoms with Crippen molar-refractivity contribution in [3.8, 4) is 11.5 Å². The summed E-state index contributed by atoms with van der Waals surface area (Å²) >= 11 is 3.18. The van der Waals surface area contributed by atoms with Crippen molar-refractivity contribution in [1.82, 2.24) is 4.98 Å². The fourth-order valence-electron chi connectivity index (χ4n) is 1.98. The summed E-state index contributed by atoms with van der Waals surface area (Å²) in [5.41, 5.74) is -0.290. The van der Waals surface area contributed by atoms with Gasteiger partial charge in [-0.15, -0.1) is 0 Å². The molecule has 0 aliphatic heterocycles. The number of benzene rings is 1. The Morgan fingerprint density at radius 2 is 1.90 bits per heavy atom. The Bertz CT molecular complexity index is 766. The molecule has 0 saturated heterocycles. The number of halogens is 4. The Morgan fingerprint density at radius 1 is 1.10 bits per heavy atom. The molecule has 2 nitrogen and oxygen atoms in total. The predicted molar refractivity (Wildman–Crippen MR) is 72.1 cm³/mol. The first-order chi connectivity index (χ1) is 9.45. The van der Waals surface area contributed by atoms with Crippen molar-refractivity contribution in [3.05, 3.63) is 52.7 Å². The second-order valence-electron chi connectivity index (χ2n) is 4.19. The monoisotopic (exact) mass is 341 g/mol. The number of fused-ring (bicyclic) bond motifs is 1. The molecule has 0 atom stereocenters. The Morgan fingerprint density at radius 3 is 2.55 bits per heavy atom. The van der Waals surface area contributed by atoms with Gasteiger partial charge in [-0.3, -0.25) is 0 Å². The molecule has 2 heterocycles.